The minimum atomic E-state index is -4.23. The molecule has 8 heteroatoms. The Morgan fingerprint density at radius 3 is 1.74 bits per heavy atom. The number of hydrogen-bond donors (Lipinski definition) is 2. The van der Waals surface area contributed by atoms with Crippen molar-refractivity contribution in [3.05, 3.63) is 71.8 Å². The number of nitrogens with one attached hydrogen (secondary N) is 1. The molecule has 2 aromatic carbocycles. The molecule has 4 nitrogen and oxygen atoms in total. The average molecular weight is 394 g/mol. The molecular formula is C15H15Cl3N2O2S. The van der Waals surface area contributed by atoms with Crippen LogP contribution in [0.15, 0.2) is 60.7 Å². The second-order valence-electron chi connectivity index (χ2n) is 4.89. The zero-order valence-corrected chi connectivity index (χ0v) is 14.9. The van der Waals surface area contributed by atoms with Gasteiger partial charge >= 0.3 is 3.12 Å². The molecule has 124 valence electrons. The highest BCUT2D eigenvalue weighted by atomic mass is 35.6. The molecule has 0 aliphatic heterocycles. The molecule has 0 radical (unpaired) electrons. The SMILES string of the molecule is NC(c1ccccc1)C(NS(=O)(=O)C(Cl)(Cl)Cl)c1ccccc1. The van der Waals surface area contributed by atoms with Gasteiger partial charge < -0.3 is 5.73 Å². The molecule has 0 saturated carbocycles. The average Bonchev–Trinajstić information content (AvgIpc) is 2.52. The molecule has 2 unspecified atom stereocenters. The summed E-state index contributed by atoms with van der Waals surface area (Å²) in [7, 11) is -4.23. The number of nitrogens with two attached hydrogens (primary N) is 1. The van der Waals surface area contributed by atoms with E-state index in [1.807, 2.05) is 36.4 Å². The summed E-state index contributed by atoms with van der Waals surface area (Å²) in [6.07, 6.45) is 0. The van der Waals surface area contributed by atoms with Crippen molar-refractivity contribution in [1.82, 2.24) is 4.72 Å². The molecule has 2 atom stereocenters. The van der Waals surface area contributed by atoms with Gasteiger partial charge in [-0.25, -0.2) is 13.1 Å². The predicted molar refractivity (Wildman–Crippen MR) is 94.9 cm³/mol. The molecule has 0 bridgehead atoms. The van der Waals surface area contributed by atoms with E-state index >= 15 is 0 Å². The van der Waals surface area contributed by atoms with Crippen LogP contribution < -0.4 is 10.5 Å². The molecule has 0 aliphatic rings. The normalized spacial score (nSPS) is 15.1. The van der Waals surface area contributed by atoms with Crippen LogP contribution in [-0.4, -0.2) is 11.5 Å². The number of alkyl halides is 3. The first-order valence-corrected chi connectivity index (χ1v) is 9.28. The highest BCUT2D eigenvalue weighted by molar-refractivity contribution is 7.95. The maximum atomic E-state index is 12.2. The molecule has 3 N–H and O–H groups in total. The molecule has 0 saturated heterocycles. The van der Waals surface area contributed by atoms with E-state index in [0.717, 1.165) is 5.56 Å². The first-order valence-electron chi connectivity index (χ1n) is 6.66. The van der Waals surface area contributed by atoms with Crippen molar-refractivity contribution in [2.45, 2.75) is 15.2 Å². The topological polar surface area (TPSA) is 72.2 Å². The van der Waals surface area contributed by atoms with Gasteiger partial charge in [-0.05, 0) is 11.1 Å². The van der Waals surface area contributed by atoms with Gasteiger partial charge in [-0.3, -0.25) is 0 Å². The Bertz CT molecular complexity index is 734. The fourth-order valence-electron chi connectivity index (χ4n) is 2.11. The monoisotopic (exact) mass is 392 g/mol. The highest BCUT2D eigenvalue weighted by Crippen LogP contribution is 2.35. The van der Waals surface area contributed by atoms with Crippen LogP contribution in [0.1, 0.15) is 23.2 Å². The minimum absolute atomic E-state index is 0.652. The van der Waals surface area contributed by atoms with Crippen molar-refractivity contribution in [3.8, 4) is 0 Å². The summed E-state index contributed by atoms with van der Waals surface area (Å²) in [5, 5.41) is 0. The van der Waals surface area contributed by atoms with Crippen molar-refractivity contribution in [2.24, 2.45) is 5.73 Å². The van der Waals surface area contributed by atoms with Gasteiger partial charge in [0.15, 0.2) is 0 Å². The van der Waals surface area contributed by atoms with Gasteiger partial charge in [0.25, 0.3) is 10.0 Å². The molecule has 0 heterocycles. The standard InChI is InChI=1S/C15H15Cl3N2O2S/c16-15(17,18)23(21,22)20-14(12-9-5-2-6-10-12)13(19)11-7-3-1-4-8-11/h1-10,13-14,20H,19H2. The van der Waals surface area contributed by atoms with Crippen LogP contribution in [0.2, 0.25) is 0 Å². The van der Waals surface area contributed by atoms with Gasteiger partial charge in [0.2, 0.25) is 0 Å². The Kier molecular flexibility index (Phi) is 5.94. The molecule has 0 aromatic heterocycles. The molecule has 0 aliphatic carbocycles. The zero-order valence-electron chi connectivity index (χ0n) is 11.9. The van der Waals surface area contributed by atoms with Gasteiger partial charge in [0.05, 0.1) is 12.1 Å². The summed E-state index contributed by atoms with van der Waals surface area (Å²) < 4.78 is 24.3. The van der Waals surface area contributed by atoms with E-state index in [1.54, 1.807) is 24.3 Å². The van der Waals surface area contributed by atoms with Gasteiger partial charge in [0.1, 0.15) is 0 Å². The van der Waals surface area contributed by atoms with Gasteiger partial charge in [-0.1, -0.05) is 95.5 Å². The van der Waals surface area contributed by atoms with Crippen molar-refractivity contribution >= 4 is 44.8 Å². The van der Waals surface area contributed by atoms with Crippen LogP contribution in [0.25, 0.3) is 0 Å². The number of halogens is 3. The predicted octanol–water partition coefficient (Wildman–Crippen LogP) is 3.67. The lowest BCUT2D eigenvalue weighted by Crippen LogP contribution is -2.41. The molecule has 2 aromatic rings. The Hall–Kier alpha value is -0.820. The number of sulfonamides is 1. The maximum Gasteiger partial charge on any atom is 0.306 e. The Balaban J connectivity index is 2.42. The number of benzene rings is 2. The molecule has 0 spiro atoms. The third-order valence-corrected chi connectivity index (χ3v) is 6.29. The fraction of sp³-hybridized carbons (Fsp3) is 0.200. The van der Waals surface area contributed by atoms with Crippen LogP contribution in [0, 0.1) is 0 Å². The van der Waals surface area contributed by atoms with Crippen molar-refractivity contribution in [3.63, 3.8) is 0 Å². The van der Waals surface area contributed by atoms with Crippen molar-refractivity contribution in [2.75, 3.05) is 0 Å². The van der Waals surface area contributed by atoms with Gasteiger partial charge in [-0.15, -0.1) is 0 Å². The van der Waals surface area contributed by atoms with E-state index in [2.05, 4.69) is 4.72 Å². The maximum absolute atomic E-state index is 12.2. The Labute approximate surface area is 150 Å². The molecule has 23 heavy (non-hydrogen) atoms. The largest absolute Gasteiger partial charge is 0.322 e. The number of hydrogen-bond acceptors (Lipinski definition) is 3. The van der Waals surface area contributed by atoms with Crippen LogP contribution in [0.5, 0.6) is 0 Å². The Morgan fingerprint density at radius 2 is 1.30 bits per heavy atom. The second-order valence-corrected chi connectivity index (χ2v) is 9.70. The van der Waals surface area contributed by atoms with E-state index < -0.39 is 25.2 Å². The minimum Gasteiger partial charge on any atom is -0.322 e. The van der Waals surface area contributed by atoms with E-state index in [-0.39, 0.29) is 0 Å². The van der Waals surface area contributed by atoms with Crippen LogP contribution in [-0.2, 0) is 10.0 Å². The summed E-state index contributed by atoms with van der Waals surface area (Å²) in [5.41, 5.74) is 7.69. The van der Waals surface area contributed by atoms with Gasteiger partial charge in [0, 0.05) is 0 Å². The van der Waals surface area contributed by atoms with Crippen LogP contribution >= 0.6 is 34.8 Å². The lowest BCUT2D eigenvalue weighted by Gasteiger charge is -2.27. The molecule has 2 rings (SSSR count). The molecule has 0 fully saturated rings. The summed E-state index contributed by atoms with van der Waals surface area (Å²) in [5.74, 6) is 0. The van der Waals surface area contributed by atoms with E-state index in [4.69, 9.17) is 40.5 Å². The van der Waals surface area contributed by atoms with Crippen molar-refractivity contribution < 1.29 is 8.42 Å². The summed E-state index contributed by atoms with van der Waals surface area (Å²) in [6.45, 7) is 0. The third kappa shape index (κ3) is 4.59. The summed E-state index contributed by atoms with van der Waals surface area (Å²) in [4.78, 5) is 0. The molecular weight excluding hydrogens is 379 g/mol. The quantitative estimate of drug-likeness (QED) is 0.761. The van der Waals surface area contributed by atoms with Crippen LogP contribution in [0.3, 0.4) is 0 Å². The van der Waals surface area contributed by atoms with Crippen molar-refractivity contribution in [1.29, 1.82) is 0 Å². The van der Waals surface area contributed by atoms with E-state index in [9.17, 15) is 8.42 Å². The zero-order chi connectivity index (χ0) is 17.1. The second kappa shape index (κ2) is 7.38. The highest BCUT2D eigenvalue weighted by Gasteiger charge is 2.40. The lowest BCUT2D eigenvalue weighted by atomic mass is 9.95. The number of rotatable bonds is 5. The lowest BCUT2D eigenvalue weighted by molar-refractivity contribution is 0.504. The molecule has 0 amide bonds. The third-order valence-electron chi connectivity index (χ3n) is 3.29. The summed E-state index contributed by atoms with van der Waals surface area (Å²) in [6, 6.07) is 16.6. The smallest absolute Gasteiger partial charge is 0.306 e. The van der Waals surface area contributed by atoms with Gasteiger partial charge in [-0.2, -0.15) is 0 Å². The Morgan fingerprint density at radius 1 is 0.870 bits per heavy atom. The van der Waals surface area contributed by atoms with E-state index in [1.165, 1.54) is 0 Å². The van der Waals surface area contributed by atoms with E-state index in [0.29, 0.717) is 5.56 Å². The summed E-state index contributed by atoms with van der Waals surface area (Å²) >= 11 is 16.6. The van der Waals surface area contributed by atoms with Crippen LogP contribution in [0.4, 0.5) is 0 Å². The fourth-order valence-corrected chi connectivity index (χ4v) is 3.26. The first kappa shape index (κ1) is 18.5. The first-order chi connectivity index (χ1) is 10.7.